The molecule has 0 aliphatic carbocycles. The van der Waals surface area contributed by atoms with E-state index in [1.807, 2.05) is 11.8 Å². The summed E-state index contributed by atoms with van der Waals surface area (Å²) in [5.41, 5.74) is 5.14. The number of rotatable bonds is 3. The van der Waals surface area contributed by atoms with Crippen molar-refractivity contribution in [3.8, 4) is 0 Å². The molecule has 4 rings (SSSR count). The first kappa shape index (κ1) is 16.0. The number of nitrogens with zero attached hydrogens (tertiary/aromatic N) is 2. The molecule has 0 radical (unpaired) electrons. The van der Waals surface area contributed by atoms with Crippen LogP contribution in [0.3, 0.4) is 0 Å². The van der Waals surface area contributed by atoms with Gasteiger partial charge in [-0.2, -0.15) is 4.58 Å². The van der Waals surface area contributed by atoms with Crippen LogP contribution in [0.2, 0.25) is 0 Å². The average Bonchev–Trinajstić information content (AvgIpc) is 2.62. The van der Waals surface area contributed by atoms with Gasteiger partial charge >= 0.3 is 0 Å². The van der Waals surface area contributed by atoms with Gasteiger partial charge in [-0.05, 0) is 36.8 Å². The number of hydrogen-bond donors (Lipinski definition) is 0. The quantitative estimate of drug-likeness (QED) is 0.593. The second-order valence-electron chi connectivity index (χ2n) is 6.37. The highest BCUT2D eigenvalue weighted by atomic mass is 32.2. The molecule has 0 atom stereocenters. The van der Waals surface area contributed by atoms with Crippen LogP contribution in [0.5, 0.6) is 0 Å². The second-order valence-corrected chi connectivity index (χ2v) is 7.51. The summed E-state index contributed by atoms with van der Waals surface area (Å²) in [5.74, 6) is 0. The van der Waals surface area contributed by atoms with E-state index in [4.69, 9.17) is 0 Å². The van der Waals surface area contributed by atoms with Gasteiger partial charge in [0, 0.05) is 29.0 Å². The van der Waals surface area contributed by atoms with E-state index in [0.717, 1.165) is 6.67 Å². The highest BCUT2D eigenvalue weighted by Crippen LogP contribution is 2.35. The molecule has 0 saturated heterocycles. The van der Waals surface area contributed by atoms with E-state index in [1.54, 1.807) is 0 Å². The predicted octanol–water partition coefficient (Wildman–Crippen LogP) is 5.32. The molecule has 0 saturated carbocycles. The maximum absolute atomic E-state index is 2.33. The number of anilines is 1. The lowest BCUT2D eigenvalue weighted by Gasteiger charge is -2.25. The smallest absolute Gasteiger partial charge is 0.224 e. The molecule has 0 bridgehead atoms. The SMILES string of the molecule is Cc1cc(Sc2ccccc2)cc2c1N(C)C[N+](c1ccccc1)=C2. The zero-order chi connectivity index (χ0) is 17.2. The lowest BCUT2D eigenvalue weighted by molar-refractivity contribution is -0.435. The Bertz CT molecular complexity index is 918. The summed E-state index contributed by atoms with van der Waals surface area (Å²) < 4.78 is 2.30. The standard InChI is InChI=1S/C22H21N2S/c1-17-13-21(25-20-11-7-4-8-12-20)14-18-15-24(16-23(2)22(17)18)19-9-5-3-6-10-19/h3-15H,16H2,1-2H3/q+1. The van der Waals surface area contributed by atoms with Gasteiger partial charge in [0.05, 0.1) is 11.3 Å². The molecule has 3 aromatic rings. The molecule has 0 N–H and O–H groups in total. The molecule has 124 valence electrons. The van der Waals surface area contributed by atoms with E-state index in [2.05, 4.69) is 102 Å². The Morgan fingerprint density at radius 1 is 0.880 bits per heavy atom. The topological polar surface area (TPSA) is 6.25 Å². The van der Waals surface area contributed by atoms with Crippen molar-refractivity contribution in [2.45, 2.75) is 16.7 Å². The van der Waals surface area contributed by atoms with Gasteiger partial charge in [-0.25, -0.2) is 0 Å². The van der Waals surface area contributed by atoms with Crippen molar-refractivity contribution >= 4 is 29.4 Å². The molecule has 1 aliphatic rings. The van der Waals surface area contributed by atoms with Gasteiger partial charge in [0.15, 0.2) is 6.21 Å². The Kier molecular flexibility index (Phi) is 4.33. The third-order valence-corrected chi connectivity index (χ3v) is 5.39. The normalized spacial score (nSPS) is 13.4. The summed E-state index contributed by atoms with van der Waals surface area (Å²) in [6, 6.07) is 25.7. The van der Waals surface area contributed by atoms with Crippen molar-refractivity contribution in [1.29, 1.82) is 0 Å². The number of para-hydroxylation sites is 1. The van der Waals surface area contributed by atoms with Gasteiger partial charge in [0.1, 0.15) is 0 Å². The van der Waals surface area contributed by atoms with Gasteiger partial charge in [0.25, 0.3) is 0 Å². The first-order valence-electron chi connectivity index (χ1n) is 8.46. The third-order valence-electron chi connectivity index (χ3n) is 4.41. The predicted molar refractivity (Wildman–Crippen MR) is 107 cm³/mol. The Balaban J connectivity index is 1.75. The molecule has 0 aromatic heterocycles. The zero-order valence-corrected chi connectivity index (χ0v) is 15.3. The fourth-order valence-electron chi connectivity index (χ4n) is 3.36. The minimum atomic E-state index is 0.864. The molecule has 1 heterocycles. The molecule has 0 spiro atoms. The van der Waals surface area contributed by atoms with Crippen LogP contribution < -0.4 is 4.90 Å². The van der Waals surface area contributed by atoms with E-state index in [1.165, 1.54) is 32.3 Å². The van der Waals surface area contributed by atoms with Crippen LogP contribution in [0.15, 0.2) is 82.6 Å². The first-order chi connectivity index (χ1) is 12.2. The molecule has 0 fully saturated rings. The second kappa shape index (κ2) is 6.77. The monoisotopic (exact) mass is 345 g/mol. The Labute approximate surface area is 153 Å². The summed E-state index contributed by atoms with van der Waals surface area (Å²) in [6.45, 7) is 3.07. The number of hydrogen-bond acceptors (Lipinski definition) is 2. The molecule has 1 aliphatic heterocycles. The van der Waals surface area contributed by atoms with Gasteiger partial charge < -0.3 is 4.90 Å². The molecule has 0 amide bonds. The van der Waals surface area contributed by atoms with E-state index in [9.17, 15) is 0 Å². The van der Waals surface area contributed by atoms with Crippen LogP contribution in [0.1, 0.15) is 11.1 Å². The third kappa shape index (κ3) is 3.33. The molecule has 25 heavy (non-hydrogen) atoms. The summed E-state index contributed by atoms with van der Waals surface area (Å²) in [4.78, 5) is 4.88. The minimum absolute atomic E-state index is 0.864. The van der Waals surface area contributed by atoms with Crippen LogP contribution in [0, 0.1) is 6.92 Å². The number of aryl methyl sites for hydroxylation is 1. The van der Waals surface area contributed by atoms with Gasteiger partial charge in [-0.15, -0.1) is 0 Å². The van der Waals surface area contributed by atoms with E-state index >= 15 is 0 Å². The van der Waals surface area contributed by atoms with Crippen LogP contribution >= 0.6 is 11.8 Å². The van der Waals surface area contributed by atoms with Gasteiger partial charge in [0.2, 0.25) is 12.4 Å². The van der Waals surface area contributed by atoms with Crippen molar-refractivity contribution in [2.24, 2.45) is 0 Å². The highest BCUT2D eigenvalue weighted by molar-refractivity contribution is 7.99. The van der Waals surface area contributed by atoms with E-state index < -0.39 is 0 Å². The van der Waals surface area contributed by atoms with E-state index in [0.29, 0.717) is 0 Å². The lowest BCUT2D eigenvalue weighted by atomic mass is 10.1. The van der Waals surface area contributed by atoms with Gasteiger partial charge in [-0.3, -0.25) is 0 Å². The van der Waals surface area contributed by atoms with Gasteiger partial charge in [-0.1, -0.05) is 48.2 Å². The summed E-state index contributed by atoms with van der Waals surface area (Å²) in [6.07, 6.45) is 2.27. The summed E-state index contributed by atoms with van der Waals surface area (Å²) in [7, 11) is 2.17. The molecule has 3 aromatic carbocycles. The van der Waals surface area contributed by atoms with Crippen molar-refractivity contribution < 1.29 is 4.58 Å². The maximum atomic E-state index is 2.33. The van der Waals surface area contributed by atoms with Crippen molar-refractivity contribution in [3.63, 3.8) is 0 Å². The van der Waals surface area contributed by atoms with Crippen molar-refractivity contribution in [2.75, 3.05) is 18.6 Å². The van der Waals surface area contributed by atoms with Crippen LogP contribution in [0.25, 0.3) is 0 Å². The fraction of sp³-hybridized carbons (Fsp3) is 0.136. The molecule has 2 nitrogen and oxygen atoms in total. The molecular formula is C22H21N2S+. The van der Waals surface area contributed by atoms with Crippen LogP contribution in [-0.2, 0) is 0 Å². The minimum Gasteiger partial charge on any atom is -0.319 e. The molecule has 3 heteroatoms. The largest absolute Gasteiger partial charge is 0.319 e. The fourth-order valence-corrected chi connectivity index (χ4v) is 4.35. The zero-order valence-electron chi connectivity index (χ0n) is 14.5. The van der Waals surface area contributed by atoms with Crippen molar-refractivity contribution in [3.05, 3.63) is 83.9 Å². The number of benzene rings is 3. The lowest BCUT2D eigenvalue weighted by Crippen LogP contribution is -2.32. The van der Waals surface area contributed by atoms with Crippen molar-refractivity contribution in [1.82, 2.24) is 0 Å². The number of fused-ring (bicyclic) bond motifs is 1. The molecular weight excluding hydrogens is 324 g/mol. The summed E-state index contributed by atoms with van der Waals surface area (Å²) in [5, 5.41) is 0. The highest BCUT2D eigenvalue weighted by Gasteiger charge is 2.23. The Hall–Kier alpha value is -2.52. The molecule has 0 unspecified atom stereocenters. The average molecular weight is 345 g/mol. The Morgan fingerprint density at radius 2 is 1.56 bits per heavy atom. The van der Waals surface area contributed by atoms with E-state index in [-0.39, 0.29) is 0 Å². The van der Waals surface area contributed by atoms with Crippen LogP contribution in [0.4, 0.5) is 11.4 Å². The van der Waals surface area contributed by atoms with Crippen LogP contribution in [-0.4, -0.2) is 24.5 Å². The first-order valence-corrected chi connectivity index (χ1v) is 9.27. The maximum Gasteiger partial charge on any atom is 0.224 e. The Morgan fingerprint density at radius 3 is 2.28 bits per heavy atom. The summed E-state index contributed by atoms with van der Waals surface area (Å²) >= 11 is 1.82.